The lowest BCUT2D eigenvalue weighted by molar-refractivity contribution is -0.147. The van der Waals surface area contributed by atoms with Crippen LogP contribution >= 0.6 is 11.8 Å². The highest BCUT2D eigenvalue weighted by atomic mass is 32.2. The Morgan fingerprint density at radius 2 is 2.12 bits per heavy atom. The zero-order valence-electron chi connectivity index (χ0n) is 9.95. The van der Waals surface area contributed by atoms with Gasteiger partial charge in [0.25, 0.3) is 0 Å². The summed E-state index contributed by atoms with van der Waals surface area (Å²) in [5.41, 5.74) is 4.42. The summed E-state index contributed by atoms with van der Waals surface area (Å²) >= 11 is 1.60. The Kier molecular flexibility index (Phi) is 6.43. The number of carbonyl (C=O) groups excluding carboxylic acids is 1. The van der Waals surface area contributed by atoms with Gasteiger partial charge < -0.3 is 16.2 Å². The molecule has 1 unspecified atom stereocenters. The molecule has 0 aliphatic rings. The van der Waals surface area contributed by atoms with Crippen molar-refractivity contribution in [2.24, 2.45) is 5.73 Å². The summed E-state index contributed by atoms with van der Waals surface area (Å²) in [6, 6.07) is -0.641. The minimum atomic E-state index is -1.23. The van der Waals surface area contributed by atoms with Gasteiger partial charge in [0, 0.05) is 0 Å². The third-order valence-electron chi connectivity index (χ3n) is 2.55. The number of aliphatic carboxylic acids is 1. The molecule has 16 heavy (non-hydrogen) atoms. The summed E-state index contributed by atoms with van der Waals surface area (Å²) in [5, 5.41) is 11.5. The van der Waals surface area contributed by atoms with Crippen LogP contribution in [0.5, 0.6) is 0 Å². The molecule has 94 valence electrons. The fourth-order valence-corrected chi connectivity index (χ4v) is 1.52. The third kappa shape index (κ3) is 4.40. The van der Waals surface area contributed by atoms with E-state index in [2.05, 4.69) is 5.32 Å². The summed E-state index contributed by atoms with van der Waals surface area (Å²) in [7, 11) is 0. The molecule has 0 radical (unpaired) electrons. The maximum absolute atomic E-state index is 11.6. The Labute approximate surface area is 100 Å². The van der Waals surface area contributed by atoms with Crippen molar-refractivity contribution in [3.05, 3.63) is 0 Å². The summed E-state index contributed by atoms with van der Waals surface area (Å²) in [4.78, 5) is 22.6. The first kappa shape index (κ1) is 15.2. The van der Waals surface area contributed by atoms with Gasteiger partial charge >= 0.3 is 5.97 Å². The van der Waals surface area contributed by atoms with E-state index in [9.17, 15) is 9.59 Å². The van der Waals surface area contributed by atoms with Crippen molar-refractivity contribution in [1.82, 2.24) is 5.32 Å². The van der Waals surface area contributed by atoms with Crippen molar-refractivity contribution in [2.75, 3.05) is 12.0 Å². The number of hydrogen-bond donors (Lipinski definition) is 3. The second-order valence-electron chi connectivity index (χ2n) is 3.87. The van der Waals surface area contributed by atoms with Gasteiger partial charge in [-0.3, -0.25) is 4.79 Å². The summed E-state index contributed by atoms with van der Waals surface area (Å²) in [6.45, 7) is 3.19. The fourth-order valence-electron chi connectivity index (χ4n) is 1.03. The number of nitrogens with one attached hydrogen (secondary N) is 1. The van der Waals surface area contributed by atoms with Crippen LogP contribution in [0.1, 0.15) is 26.7 Å². The fraction of sp³-hybridized carbons (Fsp3) is 0.800. The van der Waals surface area contributed by atoms with E-state index in [0.717, 1.165) is 5.75 Å². The SMILES string of the molecule is CCC(C)(NC(=O)[C@@H](N)CCSC)C(=O)O. The standard InChI is InChI=1S/C10H20N2O3S/c1-4-10(2,9(14)15)12-8(13)7(11)5-6-16-3/h7H,4-6,11H2,1-3H3,(H,12,13)(H,14,15)/t7-,10?/m0/s1. The third-order valence-corrected chi connectivity index (χ3v) is 3.19. The minimum absolute atomic E-state index is 0.323. The molecule has 1 amide bonds. The van der Waals surface area contributed by atoms with E-state index in [1.807, 2.05) is 6.26 Å². The van der Waals surface area contributed by atoms with Crippen molar-refractivity contribution < 1.29 is 14.7 Å². The van der Waals surface area contributed by atoms with Crippen LogP contribution < -0.4 is 11.1 Å². The number of carbonyl (C=O) groups is 2. The van der Waals surface area contributed by atoms with Gasteiger partial charge in [-0.1, -0.05) is 6.92 Å². The van der Waals surface area contributed by atoms with Gasteiger partial charge in [0.1, 0.15) is 5.54 Å². The number of hydrogen-bond acceptors (Lipinski definition) is 4. The van der Waals surface area contributed by atoms with Gasteiger partial charge in [0.15, 0.2) is 0 Å². The van der Waals surface area contributed by atoms with Gasteiger partial charge in [-0.15, -0.1) is 0 Å². The molecule has 0 aromatic heterocycles. The van der Waals surface area contributed by atoms with Crippen LogP contribution in [0.15, 0.2) is 0 Å². The maximum atomic E-state index is 11.6. The largest absolute Gasteiger partial charge is 0.480 e. The maximum Gasteiger partial charge on any atom is 0.329 e. The van der Waals surface area contributed by atoms with E-state index in [0.29, 0.717) is 12.8 Å². The van der Waals surface area contributed by atoms with Gasteiger partial charge in [-0.05, 0) is 31.8 Å². The molecule has 0 fully saturated rings. The predicted octanol–water partition coefficient (Wildman–Crippen LogP) is 0.436. The van der Waals surface area contributed by atoms with E-state index >= 15 is 0 Å². The van der Waals surface area contributed by atoms with E-state index < -0.39 is 23.5 Å². The Balaban J connectivity index is 4.36. The first-order valence-corrected chi connectivity index (χ1v) is 6.56. The van der Waals surface area contributed by atoms with Gasteiger partial charge in [0.05, 0.1) is 6.04 Å². The number of carboxylic acid groups (broad SMARTS) is 1. The van der Waals surface area contributed by atoms with Gasteiger partial charge in [0.2, 0.25) is 5.91 Å². The smallest absolute Gasteiger partial charge is 0.329 e. The summed E-state index contributed by atoms with van der Waals surface area (Å²) < 4.78 is 0. The van der Waals surface area contributed by atoms with Crippen molar-refractivity contribution in [3.8, 4) is 0 Å². The average Bonchev–Trinajstić information content (AvgIpc) is 2.25. The number of nitrogens with two attached hydrogens (primary N) is 1. The molecule has 0 aromatic carbocycles. The molecule has 0 aliphatic carbocycles. The highest BCUT2D eigenvalue weighted by Crippen LogP contribution is 2.10. The number of rotatable bonds is 7. The van der Waals surface area contributed by atoms with Crippen LogP contribution in [0.4, 0.5) is 0 Å². The van der Waals surface area contributed by atoms with E-state index in [4.69, 9.17) is 10.8 Å². The predicted molar refractivity (Wildman–Crippen MR) is 65.4 cm³/mol. The van der Waals surface area contributed by atoms with Crippen molar-refractivity contribution in [1.29, 1.82) is 0 Å². The monoisotopic (exact) mass is 248 g/mol. The summed E-state index contributed by atoms with van der Waals surface area (Å²) in [6.07, 6.45) is 2.80. The highest BCUT2D eigenvalue weighted by Gasteiger charge is 2.33. The van der Waals surface area contributed by atoms with E-state index in [1.54, 1.807) is 18.7 Å². The molecule has 0 aliphatic heterocycles. The molecule has 0 rings (SSSR count). The van der Waals surface area contributed by atoms with E-state index in [-0.39, 0.29) is 0 Å². The molecule has 0 heterocycles. The molecule has 6 heteroatoms. The lowest BCUT2D eigenvalue weighted by Gasteiger charge is -2.26. The molecule has 0 spiro atoms. The van der Waals surface area contributed by atoms with Crippen LogP contribution in [0.3, 0.4) is 0 Å². The number of carboxylic acids is 1. The average molecular weight is 248 g/mol. The Morgan fingerprint density at radius 1 is 1.56 bits per heavy atom. The van der Waals surface area contributed by atoms with E-state index in [1.165, 1.54) is 6.92 Å². The molecule has 2 atom stereocenters. The number of thioether (sulfide) groups is 1. The normalized spacial score (nSPS) is 16.2. The van der Waals surface area contributed by atoms with Crippen molar-refractivity contribution in [3.63, 3.8) is 0 Å². The molecule has 0 bridgehead atoms. The van der Waals surface area contributed by atoms with Crippen molar-refractivity contribution in [2.45, 2.75) is 38.3 Å². The molecular weight excluding hydrogens is 228 g/mol. The van der Waals surface area contributed by atoms with Crippen LogP contribution in [0, 0.1) is 0 Å². The number of amides is 1. The van der Waals surface area contributed by atoms with Crippen LogP contribution in [-0.4, -0.2) is 40.6 Å². The Morgan fingerprint density at radius 3 is 2.50 bits per heavy atom. The van der Waals surface area contributed by atoms with Gasteiger partial charge in [-0.25, -0.2) is 4.79 Å². The molecule has 5 nitrogen and oxygen atoms in total. The Hall–Kier alpha value is -0.750. The summed E-state index contributed by atoms with van der Waals surface area (Å²) in [5.74, 6) is -0.661. The van der Waals surface area contributed by atoms with Crippen LogP contribution in [-0.2, 0) is 9.59 Å². The molecule has 0 saturated heterocycles. The quantitative estimate of drug-likeness (QED) is 0.608. The highest BCUT2D eigenvalue weighted by molar-refractivity contribution is 7.98. The topological polar surface area (TPSA) is 92.4 Å². The van der Waals surface area contributed by atoms with Crippen LogP contribution in [0.2, 0.25) is 0 Å². The zero-order chi connectivity index (χ0) is 12.8. The van der Waals surface area contributed by atoms with Gasteiger partial charge in [-0.2, -0.15) is 11.8 Å². The first-order chi connectivity index (χ1) is 7.37. The molecule has 0 saturated carbocycles. The first-order valence-electron chi connectivity index (χ1n) is 5.17. The molecule has 0 aromatic rings. The second kappa shape index (κ2) is 6.75. The lowest BCUT2D eigenvalue weighted by Crippen LogP contribution is -2.56. The molecule has 4 N–H and O–H groups in total. The van der Waals surface area contributed by atoms with Crippen LogP contribution in [0.25, 0.3) is 0 Å². The lowest BCUT2D eigenvalue weighted by atomic mass is 9.98. The Bertz CT molecular complexity index is 260. The second-order valence-corrected chi connectivity index (χ2v) is 4.85. The zero-order valence-corrected chi connectivity index (χ0v) is 10.8. The van der Waals surface area contributed by atoms with Crippen molar-refractivity contribution >= 4 is 23.6 Å². The minimum Gasteiger partial charge on any atom is -0.480 e. The molecular formula is C10H20N2O3S.